The number of hydrogen-bond acceptors (Lipinski definition) is 7. The Balaban J connectivity index is 1.73. The monoisotopic (exact) mass is 326 g/mol. The lowest BCUT2D eigenvalue weighted by Crippen LogP contribution is -2.58. The minimum Gasteiger partial charge on any atom is -0.433 e. The zero-order chi connectivity index (χ0) is 16.1. The Kier molecular flexibility index (Phi) is 5.21. The molecule has 0 radical (unpaired) electrons. The number of nitrogens with zero attached hydrogens (tertiary/aromatic N) is 1. The normalized spacial score (nSPS) is 19.8. The lowest BCUT2D eigenvalue weighted by atomic mass is 10.0. The summed E-state index contributed by atoms with van der Waals surface area (Å²) in [6.45, 7) is -0.0872. The van der Waals surface area contributed by atoms with Crippen molar-refractivity contribution >= 4 is 29.5 Å². The standard InChI is InChI=1S/C13H14N2O6S/c1-22-12-10(11(16)14-12)7-21-13(17)20-6-8-2-4-9(5-3-8)15(18)19/h2-5,10,12H,6-7H2,1H3,(H,14,16)/t10-,12+/m1/s1. The summed E-state index contributed by atoms with van der Waals surface area (Å²) in [4.78, 5) is 32.7. The Morgan fingerprint density at radius 3 is 2.59 bits per heavy atom. The largest absolute Gasteiger partial charge is 0.508 e. The van der Waals surface area contributed by atoms with Gasteiger partial charge in [-0.15, -0.1) is 11.8 Å². The number of β-lactam (4-membered cyclic amide) rings is 1. The van der Waals surface area contributed by atoms with Crippen LogP contribution in [-0.4, -0.2) is 35.2 Å². The molecule has 1 aliphatic rings. The summed E-state index contributed by atoms with van der Waals surface area (Å²) in [6.07, 6.45) is 0.974. The van der Waals surface area contributed by atoms with Crippen molar-refractivity contribution in [1.82, 2.24) is 5.32 Å². The maximum atomic E-state index is 11.4. The van der Waals surface area contributed by atoms with E-state index in [4.69, 9.17) is 9.47 Å². The topological polar surface area (TPSA) is 108 Å². The van der Waals surface area contributed by atoms with Gasteiger partial charge in [0.2, 0.25) is 5.91 Å². The molecule has 0 saturated carbocycles. The Hall–Kier alpha value is -2.29. The Morgan fingerprint density at radius 1 is 1.36 bits per heavy atom. The molecule has 118 valence electrons. The van der Waals surface area contributed by atoms with Crippen molar-refractivity contribution in [3.63, 3.8) is 0 Å². The smallest absolute Gasteiger partial charge is 0.433 e. The minimum absolute atomic E-state index is 0.0313. The van der Waals surface area contributed by atoms with Crippen molar-refractivity contribution in [1.29, 1.82) is 0 Å². The van der Waals surface area contributed by atoms with Crippen LogP contribution in [0.2, 0.25) is 0 Å². The SMILES string of the molecule is CS[C@@H]1NC(=O)[C@H]1COC(=O)OCc1ccc([N+](=O)[O-])cc1. The number of nitrogens with one attached hydrogen (secondary N) is 1. The van der Waals surface area contributed by atoms with Gasteiger partial charge < -0.3 is 14.8 Å². The van der Waals surface area contributed by atoms with E-state index in [1.807, 2.05) is 6.26 Å². The van der Waals surface area contributed by atoms with Crippen molar-refractivity contribution in [3.05, 3.63) is 39.9 Å². The predicted molar refractivity (Wildman–Crippen MR) is 78.2 cm³/mol. The Bertz CT molecular complexity index is 576. The highest BCUT2D eigenvalue weighted by Gasteiger charge is 2.39. The molecule has 2 rings (SSSR count). The first kappa shape index (κ1) is 16.1. The molecule has 0 aromatic heterocycles. The maximum Gasteiger partial charge on any atom is 0.508 e. The van der Waals surface area contributed by atoms with Crippen molar-refractivity contribution in [2.75, 3.05) is 12.9 Å². The number of carbonyl (C=O) groups is 2. The summed E-state index contributed by atoms with van der Waals surface area (Å²) in [6, 6.07) is 5.64. The first-order chi connectivity index (χ1) is 10.5. The second kappa shape index (κ2) is 7.12. The second-order valence-electron chi connectivity index (χ2n) is 4.54. The van der Waals surface area contributed by atoms with Gasteiger partial charge in [-0.25, -0.2) is 4.79 Å². The molecule has 1 saturated heterocycles. The van der Waals surface area contributed by atoms with Crippen LogP contribution in [0.15, 0.2) is 24.3 Å². The highest BCUT2D eigenvalue weighted by molar-refractivity contribution is 7.99. The van der Waals surface area contributed by atoms with E-state index in [1.54, 1.807) is 0 Å². The number of hydrogen-bond donors (Lipinski definition) is 1. The Morgan fingerprint density at radius 2 is 2.05 bits per heavy atom. The fourth-order valence-corrected chi connectivity index (χ4v) is 2.60. The number of rotatable bonds is 6. The van der Waals surface area contributed by atoms with Gasteiger partial charge in [-0.3, -0.25) is 14.9 Å². The van der Waals surface area contributed by atoms with Gasteiger partial charge in [0.25, 0.3) is 5.69 Å². The van der Waals surface area contributed by atoms with Crippen LogP contribution < -0.4 is 5.32 Å². The summed E-state index contributed by atoms with van der Waals surface area (Å²) in [5, 5.41) is 13.1. The number of thioether (sulfide) groups is 1. The summed E-state index contributed by atoms with van der Waals surface area (Å²) < 4.78 is 9.77. The fourth-order valence-electron chi connectivity index (χ4n) is 1.83. The van der Waals surface area contributed by atoms with Gasteiger partial charge >= 0.3 is 6.16 Å². The molecule has 22 heavy (non-hydrogen) atoms. The van der Waals surface area contributed by atoms with E-state index in [9.17, 15) is 19.7 Å². The van der Waals surface area contributed by atoms with Crippen LogP contribution in [0.3, 0.4) is 0 Å². The number of ether oxygens (including phenoxy) is 2. The van der Waals surface area contributed by atoms with Gasteiger partial charge in [-0.1, -0.05) is 0 Å². The number of benzene rings is 1. The number of amides is 1. The fraction of sp³-hybridized carbons (Fsp3) is 0.385. The molecule has 1 fully saturated rings. The quantitative estimate of drug-likeness (QED) is 0.367. The zero-order valence-electron chi connectivity index (χ0n) is 11.7. The molecule has 0 unspecified atom stereocenters. The summed E-state index contributed by atoms with van der Waals surface area (Å²) in [5.41, 5.74) is 0.566. The Labute approximate surface area is 130 Å². The number of carbonyl (C=O) groups excluding carboxylic acids is 2. The lowest BCUT2D eigenvalue weighted by Gasteiger charge is -2.34. The van der Waals surface area contributed by atoms with Gasteiger partial charge in [-0.2, -0.15) is 0 Å². The molecule has 8 nitrogen and oxygen atoms in total. The van der Waals surface area contributed by atoms with Gasteiger partial charge in [0, 0.05) is 12.1 Å². The van der Waals surface area contributed by atoms with Gasteiger partial charge in [0.15, 0.2) is 0 Å². The van der Waals surface area contributed by atoms with Crippen LogP contribution in [0.4, 0.5) is 10.5 Å². The maximum absolute atomic E-state index is 11.4. The van der Waals surface area contributed by atoms with Gasteiger partial charge in [0.05, 0.1) is 10.3 Å². The van der Waals surface area contributed by atoms with E-state index in [2.05, 4.69) is 5.32 Å². The minimum atomic E-state index is -0.877. The van der Waals surface area contributed by atoms with Crippen LogP contribution in [0.5, 0.6) is 0 Å². The van der Waals surface area contributed by atoms with E-state index in [0.29, 0.717) is 5.56 Å². The molecule has 1 heterocycles. The summed E-state index contributed by atoms with van der Waals surface area (Å²) >= 11 is 1.47. The first-order valence-corrected chi connectivity index (χ1v) is 7.66. The summed E-state index contributed by atoms with van der Waals surface area (Å²) in [5.74, 6) is -0.510. The third-order valence-corrected chi connectivity index (χ3v) is 4.08. The number of non-ortho nitro benzene ring substituents is 1. The predicted octanol–water partition coefficient (Wildman–Crippen LogP) is 1.68. The average molecular weight is 326 g/mol. The molecule has 1 aromatic carbocycles. The molecular formula is C13H14N2O6S. The molecule has 0 spiro atoms. The highest BCUT2D eigenvalue weighted by Crippen LogP contribution is 2.24. The van der Waals surface area contributed by atoms with E-state index in [-0.39, 0.29) is 36.1 Å². The van der Waals surface area contributed by atoms with E-state index in [0.717, 1.165) is 0 Å². The van der Waals surface area contributed by atoms with Crippen molar-refractivity contribution in [2.45, 2.75) is 12.0 Å². The molecule has 9 heteroatoms. The van der Waals surface area contributed by atoms with Crippen LogP contribution in [0.25, 0.3) is 0 Å². The molecule has 1 aromatic rings. The molecule has 1 amide bonds. The van der Waals surface area contributed by atoms with Crippen molar-refractivity contribution < 1.29 is 24.0 Å². The zero-order valence-corrected chi connectivity index (χ0v) is 12.5. The van der Waals surface area contributed by atoms with Crippen molar-refractivity contribution in [3.8, 4) is 0 Å². The summed E-state index contributed by atoms with van der Waals surface area (Å²) in [7, 11) is 0. The highest BCUT2D eigenvalue weighted by atomic mass is 32.2. The number of nitro benzene ring substituents is 1. The van der Waals surface area contributed by atoms with Gasteiger partial charge in [0.1, 0.15) is 19.1 Å². The molecule has 0 bridgehead atoms. The van der Waals surface area contributed by atoms with Crippen LogP contribution >= 0.6 is 11.8 Å². The average Bonchev–Trinajstić information content (AvgIpc) is 2.50. The van der Waals surface area contributed by atoms with Gasteiger partial charge in [-0.05, 0) is 24.0 Å². The molecule has 0 aliphatic carbocycles. The molecule has 1 N–H and O–H groups in total. The third-order valence-electron chi connectivity index (χ3n) is 3.13. The van der Waals surface area contributed by atoms with Crippen molar-refractivity contribution in [2.24, 2.45) is 5.92 Å². The lowest BCUT2D eigenvalue weighted by molar-refractivity contribution is -0.384. The van der Waals surface area contributed by atoms with E-state index < -0.39 is 11.1 Å². The molecular weight excluding hydrogens is 312 g/mol. The second-order valence-corrected chi connectivity index (χ2v) is 5.52. The van der Waals surface area contributed by atoms with Crippen LogP contribution in [-0.2, 0) is 20.9 Å². The van der Waals surface area contributed by atoms with E-state index >= 15 is 0 Å². The third kappa shape index (κ3) is 3.88. The molecule has 1 aliphatic heterocycles. The van der Waals surface area contributed by atoms with Crippen LogP contribution in [0.1, 0.15) is 5.56 Å². The number of nitro groups is 1. The van der Waals surface area contributed by atoms with Crippen LogP contribution in [0, 0.1) is 16.0 Å². The first-order valence-electron chi connectivity index (χ1n) is 6.37. The van der Waals surface area contributed by atoms with E-state index in [1.165, 1.54) is 36.0 Å². The molecule has 2 atom stereocenters.